The number of anilines is 2. The van der Waals surface area contributed by atoms with Gasteiger partial charge in [0.1, 0.15) is 0 Å². The van der Waals surface area contributed by atoms with Crippen LogP contribution in [0.4, 0.5) is 11.5 Å². The van der Waals surface area contributed by atoms with E-state index in [-0.39, 0.29) is 11.8 Å². The van der Waals surface area contributed by atoms with Crippen molar-refractivity contribution < 1.29 is 4.79 Å². The van der Waals surface area contributed by atoms with E-state index < -0.39 is 0 Å². The van der Waals surface area contributed by atoms with Crippen LogP contribution in [0.1, 0.15) is 24.2 Å². The lowest BCUT2D eigenvalue weighted by Crippen LogP contribution is -2.41. The standard InChI is InChI=1S/C25H26N6O/c1-17-15-18(2)31(29-17)24-13-12-23(27-28-24)30-14-6-9-20(16-30)25(32)26-22-11-5-8-19-7-3-4-10-21(19)22/h3-5,7-8,10-13,15,20H,6,9,14,16H2,1-2H3,(H,26,32). The van der Waals surface area contributed by atoms with Gasteiger partial charge < -0.3 is 10.2 Å². The molecule has 1 saturated heterocycles. The number of aromatic nitrogens is 4. The van der Waals surface area contributed by atoms with Crippen LogP contribution >= 0.6 is 0 Å². The Morgan fingerprint density at radius 2 is 1.78 bits per heavy atom. The first kappa shape index (κ1) is 20.2. The number of hydrogen-bond donors (Lipinski definition) is 1. The SMILES string of the molecule is Cc1cc(C)n(-c2ccc(N3CCCC(C(=O)Nc4cccc5ccccc45)C3)nn2)n1. The third-order valence-corrected chi connectivity index (χ3v) is 6.03. The number of rotatable bonds is 4. The molecule has 0 bridgehead atoms. The third kappa shape index (κ3) is 3.93. The number of carbonyl (C=O) groups excluding carboxylic acids is 1. The molecule has 32 heavy (non-hydrogen) atoms. The van der Waals surface area contributed by atoms with Crippen molar-refractivity contribution >= 4 is 28.2 Å². The van der Waals surface area contributed by atoms with Crippen molar-refractivity contribution in [3.05, 3.63) is 72.1 Å². The number of nitrogens with one attached hydrogen (secondary N) is 1. The van der Waals surface area contributed by atoms with E-state index in [0.29, 0.717) is 12.4 Å². The van der Waals surface area contributed by atoms with E-state index in [0.717, 1.165) is 53.1 Å². The van der Waals surface area contributed by atoms with E-state index in [2.05, 4.69) is 37.6 Å². The number of aryl methyl sites for hydroxylation is 2. The summed E-state index contributed by atoms with van der Waals surface area (Å²) in [6, 6.07) is 20.0. The zero-order chi connectivity index (χ0) is 22.1. The van der Waals surface area contributed by atoms with Crippen molar-refractivity contribution in [2.24, 2.45) is 5.92 Å². The van der Waals surface area contributed by atoms with Crippen LogP contribution < -0.4 is 10.2 Å². The fourth-order valence-corrected chi connectivity index (χ4v) is 4.43. The third-order valence-electron chi connectivity index (χ3n) is 6.03. The minimum absolute atomic E-state index is 0.0540. The molecule has 2 aromatic heterocycles. The molecular formula is C25H26N6O. The largest absolute Gasteiger partial charge is 0.354 e. The first-order chi connectivity index (χ1) is 15.6. The van der Waals surface area contributed by atoms with Gasteiger partial charge in [0.05, 0.1) is 11.6 Å². The van der Waals surface area contributed by atoms with Gasteiger partial charge in [-0.3, -0.25) is 4.79 Å². The average Bonchev–Trinajstić information content (AvgIpc) is 3.17. The summed E-state index contributed by atoms with van der Waals surface area (Å²) in [4.78, 5) is 15.2. The summed E-state index contributed by atoms with van der Waals surface area (Å²) in [5, 5.41) is 18.6. The van der Waals surface area contributed by atoms with Gasteiger partial charge in [-0.15, -0.1) is 10.2 Å². The quantitative estimate of drug-likeness (QED) is 0.527. The van der Waals surface area contributed by atoms with Gasteiger partial charge in [0, 0.05) is 29.9 Å². The van der Waals surface area contributed by atoms with Crippen LogP contribution in [-0.4, -0.2) is 39.0 Å². The molecule has 1 amide bonds. The molecule has 5 rings (SSSR count). The molecule has 1 aliphatic heterocycles. The lowest BCUT2D eigenvalue weighted by molar-refractivity contribution is -0.120. The molecule has 2 aromatic carbocycles. The van der Waals surface area contributed by atoms with E-state index in [1.54, 1.807) is 4.68 Å². The first-order valence-corrected chi connectivity index (χ1v) is 11.0. The second-order valence-electron chi connectivity index (χ2n) is 8.39. The molecule has 0 spiro atoms. The molecule has 7 heteroatoms. The number of benzene rings is 2. The molecule has 0 radical (unpaired) electrons. The van der Waals surface area contributed by atoms with Crippen LogP contribution in [0.3, 0.4) is 0 Å². The molecular weight excluding hydrogens is 400 g/mol. The zero-order valence-corrected chi connectivity index (χ0v) is 18.3. The van der Waals surface area contributed by atoms with Crippen LogP contribution in [0.15, 0.2) is 60.7 Å². The second-order valence-corrected chi connectivity index (χ2v) is 8.39. The maximum Gasteiger partial charge on any atom is 0.229 e. The summed E-state index contributed by atoms with van der Waals surface area (Å²) in [5.74, 6) is 1.44. The fourth-order valence-electron chi connectivity index (χ4n) is 4.43. The Morgan fingerprint density at radius 3 is 2.56 bits per heavy atom. The Labute approximate surface area is 187 Å². The number of nitrogens with zero attached hydrogens (tertiary/aromatic N) is 5. The van der Waals surface area contributed by atoms with E-state index in [1.807, 2.05) is 62.4 Å². The van der Waals surface area contributed by atoms with Gasteiger partial charge in [-0.1, -0.05) is 36.4 Å². The molecule has 4 aromatic rings. The zero-order valence-electron chi connectivity index (χ0n) is 18.3. The van der Waals surface area contributed by atoms with E-state index in [9.17, 15) is 4.79 Å². The second kappa shape index (κ2) is 8.42. The first-order valence-electron chi connectivity index (χ1n) is 11.0. The molecule has 0 aliphatic carbocycles. The summed E-state index contributed by atoms with van der Waals surface area (Å²) >= 11 is 0. The van der Waals surface area contributed by atoms with E-state index >= 15 is 0 Å². The topological polar surface area (TPSA) is 75.9 Å². The molecule has 1 fully saturated rings. The highest BCUT2D eigenvalue weighted by atomic mass is 16.1. The Hall–Kier alpha value is -3.74. The Kier molecular flexibility index (Phi) is 5.31. The molecule has 1 aliphatic rings. The molecule has 162 valence electrons. The minimum atomic E-state index is -0.0970. The summed E-state index contributed by atoms with van der Waals surface area (Å²) in [5.41, 5.74) is 2.83. The maximum absolute atomic E-state index is 13.1. The van der Waals surface area contributed by atoms with Gasteiger partial charge in [-0.05, 0) is 56.3 Å². The summed E-state index contributed by atoms with van der Waals surface area (Å²) in [7, 11) is 0. The molecule has 1 N–H and O–H groups in total. The molecule has 3 heterocycles. The number of carbonyl (C=O) groups is 1. The van der Waals surface area contributed by atoms with Gasteiger partial charge in [0.15, 0.2) is 11.6 Å². The highest BCUT2D eigenvalue weighted by molar-refractivity contribution is 6.02. The Balaban J connectivity index is 1.30. The monoisotopic (exact) mass is 426 g/mol. The van der Waals surface area contributed by atoms with E-state index in [4.69, 9.17) is 0 Å². The van der Waals surface area contributed by atoms with Gasteiger partial charge in [-0.2, -0.15) is 5.10 Å². The number of fused-ring (bicyclic) bond motifs is 1. The van der Waals surface area contributed by atoms with Crippen molar-refractivity contribution in [3.63, 3.8) is 0 Å². The number of amides is 1. The predicted octanol–water partition coefficient (Wildman–Crippen LogP) is 4.29. The Morgan fingerprint density at radius 1 is 1.00 bits per heavy atom. The predicted molar refractivity (Wildman–Crippen MR) is 126 cm³/mol. The van der Waals surface area contributed by atoms with Crippen molar-refractivity contribution in [2.75, 3.05) is 23.3 Å². The molecule has 1 unspecified atom stereocenters. The highest BCUT2D eigenvalue weighted by Crippen LogP contribution is 2.26. The lowest BCUT2D eigenvalue weighted by atomic mass is 9.96. The van der Waals surface area contributed by atoms with Crippen LogP contribution in [0.2, 0.25) is 0 Å². The summed E-state index contributed by atoms with van der Waals surface area (Å²) < 4.78 is 1.79. The van der Waals surface area contributed by atoms with Gasteiger partial charge in [-0.25, -0.2) is 4.68 Å². The van der Waals surface area contributed by atoms with Crippen molar-refractivity contribution in [3.8, 4) is 5.82 Å². The van der Waals surface area contributed by atoms with E-state index in [1.165, 1.54) is 0 Å². The van der Waals surface area contributed by atoms with Gasteiger partial charge >= 0.3 is 0 Å². The van der Waals surface area contributed by atoms with Crippen molar-refractivity contribution in [2.45, 2.75) is 26.7 Å². The number of hydrogen-bond acceptors (Lipinski definition) is 5. The molecule has 0 saturated carbocycles. The fraction of sp³-hybridized carbons (Fsp3) is 0.280. The maximum atomic E-state index is 13.1. The molecule has 7 nitrogen and oxygen atoms in total. The van der Waals surface area contributed by atoms with Crippen molar-refractivity contribution in [1.82, 2.24) is 20.0 Å². The normalized spacial score (nSPS) is 16.3. The average molecular weight is 427 g/mol. The van der Waals surface area contributed by atoms with Crippen LogP contribution in [-0.2, 0) is 4.79 Å². The van der Waals surface area contributed by atoms with Crippen LogP contribution in [0.25, 0.3) is 16.6 Å². The lowest BCUT2D eigenvalue weighted by Gasteiger charge is -2.32. The smallest absolute Gasteiger partial charge is 0.229 e. The minimum Gasteiger partial charge on any atom is -0.354 e. The summed E-state index contributed by atoms with van der Waals surface area (Å²) in [6.07, 6.45) is 1.80. The van der Waals surface area contributed by atoms with Gasteiger partial charge in [0.25, 0.3) is 0 Å². The molecule has 1 atom stereocenters. The summed E-state index contributed by atoms with van der Waals surface area (Å²) in [6.45, 7) is 5.46. The number of piperidine rings is 1. The van der Waals surface area contributed by atoms with Crippen molar-refractivity contribution in [1.29, 1.82) is 0 Å². The van der Waals surface area contributed by atoms with Crippen LogP contribution in [0.5, 0.6) is 0 Å². The van der Waals surface area contributed by atoms with Crippen LogP contribution in [0, 0.1) is 19.8 Å². The Bertz CT molecular complexity index is 1260. The van der Waals surface area contributed by atoms with Gasteiger partial charge in [0.2, 0.25) is 5.91 Å². The highest BCUT2D eigenvalue weighted by Gasteiger charge is 2.27.